The molecule has 0 saturated carbocycles. The van der Waals surface area contributed by atoms with Crippen LogP contribution in [0.1, 0.15) is 0 Å². The zero-order valence-electron chi connectivity index (χ0n) is 15.0. The van der Waals surface area contributed by atoms with E-state index in [9.17, 15) is 0 Å². The summed E-state index contributed by atoms with van der Waals surface area (Å²) in [6.45, 7) is 4.94. The first kappa shape index (κ1) is 24.6. The van der Waals surface area contributed by atoms with Gasteiger partial charge in [0.2, 0.25) is 0 Å². The monoisotopic (exact) mass is 370 g/mol. The smallest absolute Gasteiger partial charge is 0.0701 e. The third-order valence-electron chi connectivity index (χ3n) is 2.88. The maximum atomic E-state index is 8.61. The molecule has 0 heterocycles. The minimum absolute atomic E-state index is 0.00100. The molecular formula is C16H34O9. The molecule has 25 heavy (non-hydrogen) atoms. The molecule has 0 saturated heterocycles. The number of rotatable bonds is 21. The van der Waals surface area contributed by atoms with E-state index >= 15 is 0 Å². The van der Waals surface area contributed by atoms with Crippen molar-refractivity contribution in [3.05, 3.63) is 0 Å². The Morgan fingerprint density at radius 2 is 0.680 bits per heavy atom. The highest BCUT2D eigenvalue weighted by Crippen LogP contribution is 2.01. The molecule has 3 N–H and O–H groups in total. The number of aliphatic hydroxyl groups is 3. The third kappa shape index (κ3) is 19.8. The van der Waals surface area contributed by atoms with E-state index in [1.165, 1.54) is 0 Å². The number of aliphatic hydroxyl groups excluding tert-OH is 3. The second kappa shape index (κ2) is 21.7. The molecular weight excluding hydrogens is 336 g/mol. The molecule has 0 aromatic rings. The normalized spacial score (nSPS) is 11.5. The summed E-state index contributed by atoms with van der Waals surface area (Å²) >= 11 is 0. The first-order chi connectivity index (χ1) is 12.3. The van der Waals surface area contributed by atoms with Crippen molar-refractivity contribution in [1.29, 1.82) is 0 Å². The molecule has 0 aliphatic rings. The van der Waals surface area contributed by atoms with Crippen LogP contribution in [0.2, 0.25) is 0 Å². The quantitative estimate of drug-likeness (QED) is 0.212. The Morgan fingerprint density at radius 3 is 0.960 bits per heavy atom. The maximum Gasteiger partial charge on any atom is 0.0701 e. The van der Waals surface area contributed by atoms with E-state index < -0.39 is 0 Å². The average molecular weight is 370 g/mol. The second-order valence-corrected chi connectivity index (χ2v) is 5.10. The minimum atomic E-state index is 0.00100. The van der Waals surface area contributed by atoms with Crippen LogP contribution in [0.5, 0.6) is 0 Å². The lowest BCUT2D eigenvalue weighted by atomic mass is 10.2. The fraction of sp³-hybridized carbons (Fsp3) is 1.00. The van der Waals surface area contributed by atoms with Gasteiger partial charge in [0.15, 0.2) is 0 Å². The van der Waals surface area contributed by atoms with Gasteiger partial charge in [0, 0.05) is 5.92 Å². The Morgan fingerprint density at radius 1 is 0.400 bits per heavy atom. The van der Waals surface area contributed by atoms with Crippen molar-refractivity contribution >= 4 is 0 Å². The van der Waals surface area contributed by atoms with Crippen LogP contribution >= 0.6 is 0 Å². The van der Waals surface area contributed by atoms with Crippen LogP contribution in [0.3, 0.4) is 0 Å². The molecule has 0 fully saturated rings. The molecule has 0 aliphatic heterocycles. The molecule has 0 unspecified atom stereocenters. The predicted octanol–water partition coefficient (Wildman–Crippen LogP) is -1.32. The van der Waals surface area contributed by atoms with Crippen molar-refractivity contribution in [2.75, 3.05) is 99.1 Å². The van der Waals surface area contributed by atoms with E-state index in [0.29, 0.717) is 79.3 Å². The Bertz CT molecular complexity index is 206. The van der Waals surface area contributed by atoms with Crippen LogP contribution in [-0.2, 0) is 28.4 Å². The Kier molecular flexibility index (Phi) is 21.4. The van der Waals surface area contributed by atoms with E-state index in [4.69, 9.17) is 43.7 Å². The molecule has 9 nitrogen and oxygen atoms in total. The van der Waals surface area contributed by atoms with E-state index in [1.54, 1.807) is 0 Å². The van der Waals surface area contributed by atoms with Crippen molar-refractivity contribution in [1.82, 2.24) is 0 Å². The summed E-state index contributed by atoms with van der Waals surface area (Å²) in [6.07, 6.45) is 0. The lowest BCUT2D eigenvalue weighted by Gasteiger charge is -2.18. The summed E-state index contributed by atoms with van der Waals surface area (Å²) in [7, 11) is 0. The molecule has 0 bridgehead atoms. The van der Waals surface area contributed by atoms with Gasteiger partial charge >= 0.3 is 0 Å². The van der Waals surface area contributed by atoms with Gasteiger partial charge in [-0.25, -0.2) is 0 Å². The second-order valence-electron chi connectivity index (χ2n) is 5.10. The minimum Gasteiger partial charge on any atom is -0.394 e. The van der Waals surface area contributed by atoms with Crippen molar-refractivity contribution in [2.45, 2.75) is 0 Å². The SMILES string of the molecule is OCCOCCOCC(COCCOCCO)COCCOCCO. The van der Waals surface area contributed by atoms with Gasteiger partial charge in [-0.1, -0.05) is 0 Å². The molecule has 0 amide bonds. The van der Waals surface area contributed by atoms with Crippen molar-refractivity contribution in [3.8, 4) is 0 Å². The summed E-state index contributed by atoms with van der Waals surface area (Å²) in [5.41, 5.74) is 0. The summed E-state index contributed by atoms with van der Waals surface area (Å²) in [6, 6.07) is 0. The summed E-state index contributed by atoms with van der Waals surface area (Å²) < 4.78 is 32.0. The van der Waals surface area contributed by atoms with Gasteiger partial charge in [-0.2, -0.15) is 0 Å². The van der Waals surface area contributed by atoms with Gasteiger partial charge < -0.3 is 43.7 Å². The third-order valence-corrected chi connectivity index (χ3v) is 2.88. The maximum absolute atomic E-state index is 8.61. The molecule has 0 aliphatic carbocycles. The molecule has 0 aromatic heterocycles. The fourth-order valence-corrected chi connectivity index (χ4v) is 1.75. The Labute approximate surface area is 149 Å². The number of hydrogen-bond acceptors (Lipinski definition) is 9. The zero-order chi connectivity index (χ0) is 18.4. The van der Waals surface area contributed by atoms with Crippen molar-refractivity contribution in [3.63, 3.8) is 0 Å². The van der Waals surface area contributed by atoms with Crippen LogP contribution < -0.4 is 0 Å². The first-order valence-corrected chi connectivity index (χ1v) is 8.64. The Balaban J connectivity index is 3.76. The number of hydrogen-bond donors (Lipinski definition) is 3. The van der Waals surface area contributed by atoms with Gasteiger partial charge in [0.25, 0.3) is 0 Å². The highest BCUT2D eigenvalue weighted by Gasteiger charge is 2.10. The fourth-order valence-electron chi connectivity index (χ4n) is 1.75. The van der Waals surface area contributed by atoms with E-state index in [0.717, 1.165) is 0 Å². The van der Waals surface area contributed by atoms with Gasteiger partial charge in [0.05, 0.1) is 99.1 Å². The van der Waals surface area contributed by atoms with Gasteiger partial charge in [-0.3, -0.25) is 0 Å². The predicted molar refractivity (Wildman–Crippen MR) is 89.7 cm³/mol. The highest BCUT2D eigenvalue weighted by molar-refractivity contribution is 4.56. The highest BCUT2D eigenvalue weighted by atomic mass is 16.5. The van der Waals surface area contributed by atoms with Crippen LogP contribution in [-0.4, -0.2) is 114 Å². The van der Waals surface area contributed by atoms with Crippen LogP contribution in [0.4, 0.5) is 0 Å². The molecule has 152 valence electrons. The van der Waals surface area contributed by atoms with Crippen molar-refractivity contribution in [2.24, 2.45) is 5.92 Å². The lowest BCUT2D eigenvalue weighted by Crippen LogP contribution is -2.25. The van der Waals surface area contributed by atoms with Gasteiger partial charge in [-0.05, 0) is 0 Å². The summed E-state index contributed by atoms with van der Waals surface area (Å²) in [5, 5.41) is 25.8. The average Bonchev–Trinajstić information content (AvgIpc) is 2.63. The molecule has 9 heteroatoms. The molecule has 0 rings (SSSR count). The van der Waals surface area contributed by atoms with Gasteiger partial charge in [-0.15, -0.1) is 0 Å². The van der Waals surface area contributed by atoms with E-state index in [2.05, 4.69) is 0 Å². The lowest BCUT2D eigenvalue weighted by molar-refractivity contribution is -0.0404. The van der Waals surface area contributed by atoms with Gasteiger partial charge in [0.1, 0.15) is 0 Å². The summed E-state index contributed by atoms with van der Waals surface area (Å²) in [4.78, 5) is 0. The molecule has 0 spiro atoms. The Hall–Kier alpha value is -0.360. The van der Waals surface area contributed by atoms with Crippen LogP contribution in [0.25, 0.3) is 0 Å². The standard InChI is InChI=1S/C16H34O9/c17-1-4-20-7-10-23-13-16(14-24-11-8-21-5-2-18)15-25-12-9-22-6-3-19/h16-19H,1-15H2. The topological polar surface area (TPSA) is 116 Å². The van der Waals surface area contributed by atoms with Crippen LogP contribution in [0, 0.1) is 5.92 Å². The summed E-state index contributed by atoms with van der Waals surface area (Å²) in [5.74, 6) is 0.0634. The zero-order valence-corrected chi connectivity index (χ0v) is 15.0. The largest absolute Gasteiger partial charge is 0.394 e. The molecule has 0 aromatic carbocycles. The van der Waals surface area contributed by atoms with E-state index in [1.807, 2.05) is 0 Å². The number of ether oxygens (including phenoxy) is 6. The first-order valence-electron chi connectivity index (χ1n) is 8.64. The van der Waals surface area contributed by atoms with E-state index in [-0.39, 0.29) is 25.7 Å². The van der Waals surface area contributed by atoms with Crippen LogP contribution in [0.15, 0.2) is 0 Å². The molecule has 0 radical (unpaired) electrons. The molecule has 0 atom stereocenters. The van der Waals surface area contributed by atoms with Crippen molar-refractivity contribution < 1.29 is 43.7 Å².